The molecule has 5 heteroatoms. The van der Waals surface area contributed by atoms with Crippen molar-refractivity contribution >= 4 is 49.0 Å². The molecule has 0 aliphatic rings. The summed E-state index contributed by atoms with van der Waals surface area (Å²) in [5.74, 6) is -0.227. The number of nitrogens with one attached hydrogen (secondary N) is 1. The average Bonchev–Trinajstić information content (AvgIpc) is 2.80. The Morgan fingerprint density at radius 3 is 2.76 bits per heavy atom. The van der Waals surface area contributed by atoms with Crippen molar-refractivity contribution in [3.8, 4) is 0 Å². The van der Waals surface area contributed by atoms with Crippen molar-refractivity contribution in [1.82, 2.24) is 5.32 Å². The lowest BCUT2D eigenvalue weighted by atomic mass is 10.2. The first-order valence-corrected chi connectivity index (χ1v) is 8.44. The minimum absolute atomic E-state index is 0.227. The third-order valence-corrected chi connectivity index (χ3v) is 5.70. The van der Waals surface area contributed by atoms with Crippen molar-refractivity contribution in [2.45, 2.75) is 13.1 Å². The van der Waals surface area contributed by atoms with Gasteiger partial charge in [0.15, 0.2) is 0 Å². The summed E-state index contributed by atoms with van der Waals surface area (Å²) in [5.41, 5.74) is 0.896. The Bertz CT molecular complexity index is 787. The molecule has 0 spiro atoms. The van der Waals surface area contributed by atoms with Gasteiger partial charge in [0, 0.05) is 32.5 Å². The van der Waals surface area contributed by atoms with Crippen LogP contribution in [0, 0.1) is 5.82 Å². The summed E-state index contributed by atoms with van der Waals surface area (Å²) in [6, 6.07) is 12.8. The van der Waals surface area contributed by atoms with Crippen LogP contribution in [0.25, 0.3) is 10.1 Å². The van der Waals surface area contributed by atoms with Crippen molar-refractivity contribution in [2.75, 3.05) is 0 Å². The maximum atomic E-state index is 13.2. The standard InChI is InChI=1S/C16H12BrClFNS/c17-13-6-5-11(19)7-10(13)8-20-9-15-16(18)12-3-1-2-4-14(12)21-15/h1-7,20H,8-9H2. The third-order valence-electron chi connectivity index (χ3n) is 3.21. The van der Waals surface area contributed by atoms with E-state index < -0.39 is 0 Å². The van der Waals surface area contributed by atoms with Gasteiger partial charge in [-0.2, -0.15) is 0 Å². The Morgan fingerprint density at radius 1 is 1.14 bits per heavy atom. The highest BCUT2D eigenvalue weighted by Gasteiger charge is 2.09. The summed E-state index contributed by atoms with van der Waals surface area (Å²) in [6.45, 7) is 1.25. The van der Waals surface area contributed by atoms with Crippen molar-refractivity contribution in [3.63, 3.8) is 0 Å². The molecule has 0 aliphatic carbocycles. The maximum absolute atomic E-state index is 13.2. The van der Waals surface area contributed by atoms with Gasteiger partial charge >= 0.3 is 0 Å². The molecular weight excluding hydrogens is 373 g/mol. The van der Waals surface area contributed by atoms with Crippen molar-refractivity contribution < 1.29 is 4.39 Å². The second-order valence-corrected chi connectivity index (χ2v) is 7.04. The van der Waals surface area contributed by atoms with Crippen molar-refractivity contribution in [1.29, 1.82) is 0 Å². The third kappa shape index (κ3) is 3.29. The fourth-order valence-corrected chi connectivity index (χ4v) is 4.02. The van der Waals surface area contributed by atoms with Gasteiger partial charge in [-0.3, -0.25) is 0 Å². The number of hydrogen-bond donors (Lipinski definition) is 1. The Morgan fingerprint density at radius 2 is 1.95 bits per heavy atom. The highest BCUT2D eigenvalue weighted by atomic mass is 79.9. The van der Waals surface area contributed by atoms with E-state index in [0.29, 0.717) is 13.1 Å². The molecule has 3 rings (SSSR count). The fraction of sp³-hybridized carbons (Fsp3) is 0.125. The zero-order chi connectivity index (χ0) is 14.8. The fourth-order valence-electron chi connectivity index (χ4n) is 2.17. The molecule has 3 aromatic rings. The van der Waals surface area contributed by atoms with Gasteiger partial charge < -0.3 is 5.32 Å². The molecule has 2 aromatic carbocycles. The van der Waals surface area contributed by atoms with Gasteiger partial charge in [-0.05, 0) is 29.8 Å². The molecule has 0 unspecified atom stereocenters. The minimum Gasteiger partial charge on any atom is -0.308 e. The number of benzene rings is 2. The molecule has 0 saturated carbocycles. The minimum atomic E-state index is -0.227. The normalized spacial score (nSPS) is 11.2. The Balaban J connectivity index is 1.72. The zero-order valence-electron chi connectivity index (χ0n) is 11.0. The van der Waals surface area contributed by atoms with Crippen LogP contribution in [-0.4, -0.2) is 0 Å². The first kappa shape index (κ1) is 15.0. The predicted octanol–water partition coefficient (Wildman–Crippen LogP) is 5.75. The zero-order valence-corrected chi connectivity index (χ0v) is 14.2. The summed E-state index contributed by atoms with van der Waals surface area (Å²) in [7, 11) is 0. The van der Waals surface area contributed by atoms with Gasteiger partial charge in [-0.1, -0.05) is 45.7 Å². The van der Waals surface area contributed by atoms with Crippen LogP contribution in [0.5, 0.6) is 0 Å². The SMILES string of the molecule is Fc1ccc(Br)c(CNCc2sc3ccccc3c2Cl)c1. The van der Waals surface area contributed by atoms with E-state index in [1.807, 2.05) is 18.2 Å². The highest BCUT2D eigenvalue weighted by molar-refractivity contribution is 9.10. The van der Waals surface area contributed by atoms with E-state index in [2.05, 4.69) is 27.3 Å². The molecule has 1 aromatic heterocycles. The van der Waals surface area contributed by atoms with Gasteiger partial charge in [0.05, 0.1) is 5.02 Å². The van der Waals surface area contributed by atoms with Gasteiger partial charge in [-0.25, -0.2) is 4.39 Å². The largest absolute Gasteiger partial charge is 0.308 e. The van der Waals surface area contributed by atoms with Crippen LogP contribution in [0.3, 0.4) is 0 Å². The topological polar surface area (TPSA) is 12.0 Å². The number of rotatable bonds is 4. The van der Waals surface area contributed by atoms with Crippen molar-refractivity contribution in [3.05, 3.63) is 68.2 Å². The van der Waals surface area contributed by atoms with Crippen LogP contribution < -0.4 is 5.32 Å². The van der Waals surface area contributed by atoms with E-state index in [1.165, 1.54) is 16.8 Å². The van der Waals surface area contributed by atoms with E-state index in [1.54, 1.807) is 17.4 Å². The molecule has 0 radical (unpaired) electrons. The summed E-state index contributed by atoms with van der Waals surface area (Å²) < 4.78 is 15.3. The van der Waals surface area contributed by atoms with Crippen LogP contribution in [0.2, 0.25) is 5.02 Å². The Kier molecular flexibility index (Phi) is 4.60. The van der Waals surface area contributed by atoms with Crippen LogP contribution in [0.1, 0.15) is 10.4 Å². The Hall–Kier alpha value is -0.940. The molecule has 0 bridgehead atoms. The molecule has 1 N–H and O–H groups in total. The summed E-state index contributed by atoms with van der Waals surface area (Å²) in [4.78, 5) is 1.10. The summed E-state index contributed by atoms with van der Waals surface area (Å²) >= 11 is 11.5. The Labute approximate surface area is 139 Å². The second-order valence-electron chi connectivity index (χ2n) is 4.67. The number of fused-ring (bicyclic) bond motifs is 1. The molecular formula is C16H12BrClFNS. The van der Waals surface area contributed by atoms with Crippen LogP contribution in [0.4, 0.5) is 4.39 Å². The first-order chi connectivity index (χ1) is 10.1. The first-order valence-electron chi connectivity index (χ1n) is 6.45. The van der Waals surface area contributed by atoms with Crippen LogP contribution in [0.15, 0.2) is 46.9 Å². The lowest BCUT2D eigenvalue weighted by Crippen LogP contribution is -2.12. The molecule has 0 aliphatic heterocycles. The molecule has 0 saturated heterocycles. The molecule has 1 heterocycles. The van der Waals surface area contributed by atoms with E-state index in [-0.39, 0.29) is 5.82 Å². The monoisotopic (exact) mass is 383 g/mol. The maximum Gasteiger partial charge on any atom is 0.123 e. The van der Waals surface area contributed by atoms with E-state index in [0.717, 1.165) is 25.3 Å². The summed E-state index contributed by atoms with van der Waals surface area (Å²) in [6.07, 6.45) is 0. The van der Waals surface area contributed by atoms with E-state index in [9.17, 15) is 4.39 Å². The number of thiophene rings is 1. The van der Waals surface area contributed by atoms with Gasteiger partial charge in [0.1, 0.15) is 5.82 Å². The van der Waals surface area contributed by atoms with Gasteiger partial charge in [-0.15, -0.1) is 11.3 Å². The number of halogens is 3. The molecule has 0 amide bonds. The summed E-state index contributed by atoms with van der Waals surface area (Å²) in [5, 5.41) is 5.21. The lowest BCUT2D eigenvalue weighted by molar-refractivity contribution is 0.620. The second kappa shape index (κ2) is 6.44. The smallest absolute Gasteiger partial charge is 0.123 e. The molecule has 0 atom stereocenters. The average molecular weight is 385 g/mol. The number of hydrogen-bond acceptors (Lipinski definition) is 2. The van der Waals surface area contributed by atoms with Crippen molar-refractivity contribution in [2.24, 2.45) is 0 Å². The van der Waals surface area contributed by atoms with E-state index in [4.69, 9.17) is 11.6 Å². The van der Waals surface area contributed by atoms with Gasteiger partial charge in [0.25, 0.3) is 0 Å². The van der Waals surface area contributed by atoms with Crippen LogP contribution in [-0.2, 0) is 13.1 Å². The highest BCUT2D eigenvalue weighted by Crippen LogP contribution is 2.35. The molecule has 21 heavy (non-hydrogen) atoms. The molecule has 108 valence electrons. The molecule has 1 nitrogen and oxygen atoms in total. The molecule has 0 fully saturated rings. The lowest BCUT2D eigenvalue weighted by Gasteiger charge is -2.06. The van der Waals surface area contributed by atoms with Crippen LogP contribution >= 0.6 is 38.9 Å². The van der Waals surface area contributed by atoms with E-state index >= 15 is 0 Å². The van der Waals surface area contributed by atoms with Gasteiger partial charge in [0.2, 0.25) is 0 Å². The predicted molar refractivity (Wildman–Crippen MR) is 91.5 cm³/mol. The quantitative estimate of drug-likeness (QED) is 0.604.